The number of aliphatic hydroxyl groups is 1. The monoisotopic (exact) mass is 266 g/mol. The first-order valence-corrected chi connectivity index (χ1v) is 6.07. The number of non-ortho nitro benzene ring substituents is 1. The molecule has 104 valence electrons. The SMILES string of the molecule is CC(C)C(CO)NC(=O)Cc1cccc([N+](=O)[O-])c1. The highest BCUT2D eigenvalue weighted by Crippen LogP contribution is 2.13. The van der Waals surface area contributed by atoms with Crippen molar-refractivity contribution in [3.8, 4) is 0 Å². The molecule has 0 heterocycles. The van der Waals surface area contributed by atoms with Gasteiger partial charge in [-0.3, -0.25) is 14.9 Å². The Bertz CT molecular complexity index is 460. The number of rotatable bonds is 6. The number of nitro benzene ring substituents is 1. The fourth-order valence-corrected chi connectivity index (χ4v) is 1.65. The summed E-state index contributed by atoms with van der Waals surface area (Å²) in [6.45, 7) is 3.67. The standard InChI is InChI=1S/C13H18N2O4/c1-9(2)12(8-16)14-13(17)7-10-4-3-5-11(6-10)15(18)19/h3-6,9,12,16H,7-8H2,1-2H3,(H,14,17). The van der Waals surface area contributed by atoms with Gasteiger partial charge in [0.25, 0.3) is 5.69 Å². The van der Waals surface area contributed by atoms with Crippen molar-refractivity contribution >= 4 is 11.6 Å². The van der Waals surface area contributed by atoms with E-state index in [0.29, 0.717) is 5.56 Å². The Labute approximate surface area is 111 Å². The van der Waals surface area contributed by atoms with Gasteiger partial charge in [-0.2, -0.15) is 0 Å². The van der Waals surface area contributed by atoms with E-state index in [4.69, 9.17) is 5.11 Å². The number of aliphatic hydroxyl groups excluding tert-OH is 1. The molecule has 1 rings (SSSR count). The summed E-state index contributed by atoms with van der Waals surface area (Å²) in [6, 6.07) is 5.67. The number of carbonyl (C=O) groups is 1. The van der Waals surface area contributed by atoms with Crippen LogP contribution in [0.15, 0.2) is 24.3 Å². The van der Waals surface area contributed by atoms with Gasteiger partial charge >= 0.3 is 0 Å². The normalized spacial score (nSPS) is 12.2. The van der Waals surface area contributed by atoms with Crippen molar-refractivity contribution < 1.29 is 14.8 Å². The lowest BCUT2D eigenvalue weighted by Gasteiger charge is -2.19. The molecule has 0 radical (unpaired) electrons. The predicted octanol–water partition coefficient (Wildman–Crippen LogP) is 1.27. The molecule has 19 heavy (non-hydrogen) atoms. The van der Waals surface area contributed by atoms with E-state index in [0.717, 1.165) is 0 Å². The molecule has 1 atom stereocenters. The zero-order valence-corrected chi connectivity index (χ0v) is 11.0. The quantitative estimate of drug-likeness (QED) is 0.599. The maximum Gasteiger partial charge on any atom is 0.269 e. The summed E-state index contributed by atoms with van der Waals surface area (Å²) < 4.78 is 0. The van der Waals surface area contributed by atoms with Crippen LogP contribution in [-0.4, -0.2) is 28.6 Å². The van der Waals surface area contributed by atoms with Crippen LogP contribution in [0.3, 0.4) is 0 Å². The molecule has 1 aromatic carbocycles. The number of nitrogens with zero attached hydrogens (tertiary/aromatic N) is 1. The molecular weight excluding hydrogens is 248 g/mol. The van der Waals surface area contributed by atoms with Crippen LogP contribution in [0.25, 0.3) is 0 Å². The summed E-state index contributed by atoms with van der Waals surface area (Å²) in [6.07, 6.45) is 0.0604. The van der Waals surface area contributed by atoms with E-state index in [1.54, 1.807) is 12.1 Å². The maximum atomic E-state index is 11.8. The van der Waals surface area contributed by atoms with Crippen LogP contribution in [0.4, 0.5) is 5.69 Å². The van der Waals surface area contributed by atoms with E-state index in [-0.39, 0.29) is 36.6 Å². The number of nitrogens with one attached hydrogen (secondary N) is 1. The number of carbonyl (C=O) groups excluding carboxylic acids is 1. The third-order valence-corrected chi connectivity index (χ3v) is 2.83. The van der Waals surface area contributed by atoms with Gasteiger partial charge in [0.05, 0.1) is 24.0 Å². The molecule has 0 aliphatic carbocycles. The summed E-state index contributed by atoms with van der Waals surface area (Å²) in [5.41, 5.74) is 0.542. The maximum absolute atomic E-state index is 11.8. The highest BCUT2D eigenvalue weighted by atomic mass is 16.6. The number of benzene rings is 1. The molecule has 6 heteroatoms. The minimum Gasteiger partial charge on any atom is -0.394 e. The van der Waals surface area contributed by atoms with Gasteiger partial charge in [0.15, 0.2) is 0 Å². The van der Waals surface area contributed by atoms with Crippen LogP contribution >= 0.6 is 0 Å². The van der Waals surface area contributed by atoms with E-state index in [9.17, 15) is 14.9 Å². The molecule has 0 fully saturated rings. The van der Waals surface area contributed by atoms with Gasteiger partial charge in [-0.1, -0.05) is 26.0 Å². The van der Waals surface area contributed by atoms with Gasteiger partial charge < -0.3 is 10.4 Å². The van der Waals surface area contributed by atoms with Crippen molar-refractivity contribution in [1.29, 1.82) is 0 Å². The number of amides is 1. The fourth-order valence-electron chi connectivity index (χ4n) is 1.65. The Kier molecular flexibility index (Phi) is 5.44. The molecule has 0 aromatic heterocycles. The highest BCUT2D eigenvalue weighted by Gasteiger charge is 2.16. The average molecular weight is 266 g/mol. The molecule has 1 aromatic rings. The molecule has 0 aliphatic heterocycles. The van der Waals surface area contributed by atoms with Gasteiger partial charge in [-0.25, -0.2) is 0 Å². The van der Waals surface area contributed by atoms with Crippen molar-refractivity contribution in [1.82, 2.24) is 5.32 Å². The number of nitro groups is 1. The van der Waals surface area contributed by atoms with E-state index >= 15 is 0 Å². The first-order valence-electron chi connectivity index (χ1n) is 6.07. The lowest BCUT2D eigenvalue weighted by Crippen LogP contribution is -2.41. The highest BCUT2D eigenvalue weighted by molar-refractivity contribution is 5.79. The fraction of sp³-hybridized carbons (Fsp3) is 0.462. The minimum atomic E-state index is -0.494. The van der Waals surface area contributed by atoms with E-state index < -0.39 is 4.92 Å². The topological polar surface area (TPSA) is 92.5 Å². The number of hydrogen-bond acceptors (Lipinski definition) is 4. The summed E-state index contributed by atoms with van der Waals surface area (Å²) in [7, 11) is 0. The van der Waals surface area contributed by atoms with Gasteiger partial charge in [0, 0.05) is 12.1 Å². The lowest BCUT2D eigenvalue weighted by atomic mass is 10.0. The van der Waals surface area contributed by atoms with Crippen molar-refractivity contribution in [2.45, 2.75) is 26.3 Å². The second-order valence-corrected chi connectivity index (χ2v) is 4.70. The van der Waals surface area contributed by atoms with Crippen LogP contribution in [-0.2, 0) is 11.2 Å². The van der Waals surface area contributed by atoms with Crippen LogP contribution in [0.1, 0.15) is 19.4 Å². The van der Waals surface area contributed by atoms with Crippen molar-refractivity contribution in [3.05, 3.63) is 39.9 Å². The van der Waals surface area contributed by atoms with Crippen LogP contribution in [0.2, 0.25) is 0 Å². The number of hydrogen-bond donors (Lipinski definition) is 2. The zero-order chi connectivity index (χ0) is 14.4. The molecule has 2 N–H and O–H groups in total. The summed E-state index contributed by atoms with van der Waals surface area (Å²) >= 11 is 0. The Morgan fingerprint density at radius 2 is 2.16 bits per heavy atom. The smallest absolute Gasteiger partial charge is 0.269 e. The lowest BCUT2D eigenvalue weighted by molar-refractivity contribution is -0.384. The van der Waals surface area contributed by atoms with Crippen LogP contribution in [0.5, 0.6) is 0 Å². The Morgan fingerprint density at radius 3 is 2.68 bits per heavy atom. The average Bonchev–Trinajstić information content (AvgIpc) is 2.35. The third kappa shape index (κ3) is 4.67. The molecule has 0 saturated carbocycles. The van der Waals surface area contributed by atoms with Crippen LogP contribution in [0, 0.1) is 16.0 Å². The molecular formula is C13H18N2O4. The van der Waals surface area contributed by atoms with E-state index in [2.05, 4.69) is 5.32 Å². The first-order chi connectivity index (χ1) is 8.93. The van der Waals surface area contributed by atoms with E-state index in [1.165, 1.54) is 12.1 Å². The summed E-state index contributed by atoms with van der Waals surface area (Å²) in [4.78, 5) is 21.9. The van der Waals surface area contributed by atoms with Crippen molar-refractivity contribution in [3.63, 3.8) is 0 Å². The van der Waals surface area contributed by atoms with Crippen molar-refractivity contribution in [2.75, 3.05) is 6.61 Å². The Balaban J connectivity index is 2.66. The molecule has 0 saturated heterocycles. The van der Waals surface area contributed by atoms with Gasteiger partial charge in [0.2, 0.25) is 5.91 Å². The zero-order valence-electron chi connectivity index (χ0n) is 11.0. The second-order valence-electron chi connectivity index (χ2n) is 4.70. The summed E-state index contributed by atoms with van der Waals surface area (Å²) in [5, 5.41) is 22.5. The molecule has 0 spiro atoms. The molecule has 0 bridgehead atoms. The first kappa shape index (κ1) is 15.1. The molecule has 1 unspecified atom stereocenters. The van der Waals surface area contributed by atoms with Crippen molar-refractivity contribution in [2.24, 2.45) is 5.92 Å². The molecule has 1 amide bonds. The second kappa shape index (κ2) is 6.84. The third-order valence-electron chi connectivity index (χ3n) is 2.83. The summed E-state index contributed by atoms with van der Waals surface area (Å²) in [5.74, 6) is -0.132. The van der Waals surface area contributed by atoms with Gasteiger partial charge in [-0.15, -0.1) is 0 Å². The van der Waals surface area contributed by atoms with E-state index in [1.807, 2.05) is 13.8 Å². The van der Waals surface area contributed by atoms with Crippen LogP contribution < -0.4 is 5.32 Å². The minimum absolute atomic E-state index is 0.0344. The predicted molar refractivity (Wildman–Crippen MR) is 70.7 cm³/mol. The molecule has 6 nitrogen and oxygen atoms in total. The van der Waals surface area contributed by atoms with Gasteiger partial charge in [-0.05, 0) is 11.5 Å². The largest absolute Gasteiger partial charge is 0.394 e. The Morgan fingerprint density at radius 1 is 1.47 bits per heavy atom. The van der Waals surface area contributed by atoms with Gasteiger partial charge in [0.1, 0.15) is 0 Å². The Hall–Kier alpha value is -1.95. The molecule has 0 aliphatic rings.